The van der Waals surface area contributed by atoms with Crippen LogP contribution in [0.5, 0.6) is 0 Å². The van der Waals surface area contributed by atoms with E-state index in [1.165, 1.54) is 54.9 Å². The normalized spacial score (nSPS) is 12.1. The van der Waals surface area contributed by atoms with E-state index < -0.39 is 0 Å². The van der Waals surface area contributed by atoms with Crippen molar-refractivity contribution >= 4 is 54.3 Å². The van der Waals surface area contributed by atoms with E-state index in [1.54, 1.807) is 0 Å². The topological polar surface area (TPSA) is 30.7 Å². The highest BCUT2D eigenvalue weighted by Crippen LogP contribution is 2.50. The van der Waals surface area contributed by atoms with E-state index in [4.69, 9.17) is 9.97 Å². The third kappa shape index (κ3) is 3.67. The van der Waals surface area contributed by atoms with Gasteiger partial charge in [0.1, 0.15) is 0 Å². The lowest BCUT2D eigenvalue weighted by Gasteiger charge is -2.15. The lowest BCUT2D eigenvalue weighted by molar-refractivity contribution is 1.02. The molecule has 0 fully saturated rings. The molecule has 49 heavy (non-hydrogen) atoms. The standard InChI is InChI=1S/C46H27N3/c1-2-14-29(15-3-1)44-38-26-25-28-13-4-5-16-30(28)45(38)48-46(47-44)49-40-24-11-10-21-36(40)43-37-23-12-22-35-33-19-8-6-17-31(33)32-18-7-9-20-34(32)39(42(35)37)27-41(43)49/h1-27H. The molecule has 0 saturated heterocycles. The van der Waals surface area contributed by atoms with Crippen molar-refractivity contribution in [1.82, 2.24) is 14.5 Å². The molecule has 10 aromatic rings. The molecule has 0 amide bonds. The maximum atomic E-state index is 5.45. The van der Waals surface area contributed by atoms with Gasteiger partial charge >= 0.3 is 0 Å². The van der Waals surface area contributed by atoms with Gasteiger partial charge in [-0.05, 0) is 67.7 Å². The summed E-state index contributed by atoms with van der Waals surface area (Å²) in [5, 5.41) is 8.26. The van der Waals surface area contributed by atoms with Gasteiger partial charge in [0.05, 0.1) is 22.2 Å². The molecule has 0 radical (unpaired) electrons. The van der Waals surface area contributed by atoms with Crippen LogP contribution in [0.15, 0.2) is 164 Å². The summed E-state index contributed by atoms with van der Waals surface area (Å²) < 4.78 is 2.29. The summed E-state index contributed by atoms with van der Waals surface area (Å²) >= 11 is 0. The maximum Gasteiger partial charge on any atom is 0.235 e. The van der Waals surface area contributed by atoms with Gasteiger partial charge in [-0.2, -0.15) is 0 Å². The Balaban J connectivity index is 1.34. The molecule has 1 aliphatic carbocycles. The second kappa shape index (κ2) is 9.96. The third-order valence-corrected chi connectivity index (χ3v) is 10.3. The molecule has 3 heteroatoms. The summed E-state index contributed by atoms with van der Waals surface area (Å²) in [5.41, 5.74) is 12.6. The Morgan fingerprint density at radius 2 is 0.980 bits per heavy atom. The quantitative estimate of drug-likeness (QED) is 0.180. The van der Waals surface area contributed by atoms with Crippen LogP contribution in [-0.2, 0) is 0 Å². The first-order valence-corrected chi connectivity index (χ1v) is 16.8. The van der Waals surface area contributed by atoms with Crippen LogP contribution in [0, 0.1) is 0 Å². The van der Waals surface area contributed by atoms with Crippen LogP contribution in [0.3, 0.4) is 0 Å². The third-order valence-electron chi connectivity index (χ3n) is 10.3. The fourth-order valence-electron chi connectivity index (χ4n) is 8.27. The summed E-state index contributed by atoms with van der Waals surface area (Å²) in [4.78, 5) is 10.9. The van der Waals surface area contributed by atoms with E-state index in [1.807, 2.05) is 0 Å². The summed E-state index contributed by atoms with van der Waals surface area (Å²) in [6, 6.07) is 58.9. The Morgan fingerprint density at radius 1 is 0.367 bits per heavy atom. The van der Waals surface area contributed by atoms with Crippen molar-refractivity contribution < 1.29 is 0 Å². The molecule has 0 N–H and O–H groups in total. The second-order valence-electron chi connectivity index (χ2n) is 12.9. The van der Waals surface area contributed by atoms with Crippen molar-refractivity contribution in [3.8, 4) is 50.6 Å². The van der Waals surface area contributed by atoms with Crippen LogP contribution >= 0.6 is 0 Å². The summed E-state index contributed by atoms with van der Waals surface area (Å²) in [7, 11) is 0. The zero-order valence-corrected chi connectivity index (χ0v) is 26.4. The molecule has 0 spiro atoms. The molecule has 1 aliphatic rings. The molecule has 2 aromatic heterocycles. The molecule has 0 aliphatic heterocycles. The Bertz CT molecular complexity index is 2990. The first-order chi connectivity index (χ1) is 24.3. The molecular weight excluding hydrogens is 595 g/mol. The van der Waals surface area contributed by atoms with Gasteiger partial charge < -0.3 is 0 Å². The van der Waals surface area contributed by atoms with Crippen molar-refractivity contribution in [3.63, 3.8) is 0 Å². The zero-order valence-electron chi connectivity index (χ0n) is 26.4. The van der Waals surface area contributed by atoms with E-state index in [2.05, 4.69) is 168 Å². The molecule has 11 rings (SSSR count). The van der Waals surface area contributed by atoms with Crippen molar-refractivity contribution in [2.75, 3.05) is 0 Å². The van der Waals surface area contributed by atoms with Crippen LogP contribution in [0.4, 0.5) is 0 Å². The predicted octanol–water partition coefficient (Wildman–Crippen LogP) is 12.0. The average molecular weight is 622 g/mol. The molecule has 2 heterocycles. The number of para-hydroxylation sites is 1. The summed E-state index contributed by atoms with van der Waals surface area (Å²) in [6.07, 6.45) is 0. The molecule has 0 unspecified atom stereocenters. The van der Waals surface area contributed by atoms with Crippen molar-refractivity contribution in [2.24, 2.45) is 0 Å². The number of hydrogen-bond acceptors (Lipinski definition) is 2. The van der Waals surface area contributed by atoms with Crippen LogP contribution in [0.2, 0.25) is 0 Å². The van der Waals surface area contributed by atoms with E-state index in [9.17, 15) is 0 Å². The summed E-state index contributed by atoms with van der Waals surface area (Å²) in [5.74, 6) is 0.668. The van der Waals surface area contributed by atoms with Crippen molar-refractivity contribution in [1.29, 1.82) is 0 Å². The van der Waals surface area contributed by atoms with E-state index >= 15 is 0 Å². The van der Waals surface area contributed by atoms with Crippen LogP contribution < -0.4 is 0 Å². The van der Waals surface area contributed by atoms with Gasteiger partial charge in [-0.3, -0.25) is 4.57 Å². The second-order valence-corrected chi connectivity index (χ2v) is 12.9. The van der Waals surface area contributed by atoms with E-state index in [0.29, 0.717) is 5.95 Å². The first-order valence-electron chi connectivity index (χ1n) is 16.8. The van der Waals surface area contributed by atoms with Gasteiger partial charge in [0, 0.05) is 27.1 Å². The molecule has 8 aromatic carbocycles. The zero-order chi connectivity index (χ0) is 32.1. The molecule has 0 atom stereocenters. The number of hydrogen-bond donors (Lipinski definition) is 0. The lowest BCUT2D eigenvalue weighted by atomic mass is 9.91. The number of nitrogens with zero attached hydrogens (tertiary/aromatic N) is 3. The Morgan fingerprint density at radius 3 is 1.78 bits per heavy atom. The Kier molecular flexibility index (Phi) is 5.38. The van der Waals surface area contributed by atoms with Crippen LogP contribution in [0.1, 0.15) is 0 Å². The van der Waals surface area contributed by atoms with Gasteiger partial charge in [0.15, 0.2) is 0 Å². The predicted molar refractivity (Wildman–Crippen MR) is 204 cm³/mol. The Hall–Kier alpha value is -6.58. The minimum absolute atomic E-state index is 0.668. The van der Waals surface area contributed by atoms with E-state index in [-0.39, 0.29) is 0 Å². The number of rotatable bonds is 2. The van der Waals surface area contributed by atoms with Crippen molar-refractivity contribution in [2.45, 2.75) is 0 Å². The maximum absolute atomic E-state index is 5.45. The monoisotopic (exact) mass is 621 g/mol. The van der Waals surface area contributed by atoms with Crippen molar-refractivity contribution in [3.05, 3.63) is 164 Å². The van der Waals surface area contributed by atoms with Crippen LogP contribution in [0.25, 0.3) is 105 Å². The van der Waals surface area contributed by atoms with Gasteiger partial charge in [-0.25, -0.2) is 9.97 Å². The highest BCUT2D eigenvalue weighted by molar-refractivity contribution is 6.28. The van der Waals surface area contributed by atoms with Gasteiger partial charge in [0.2, 0.25) is 5.95 Å². The molecular formula is C46H27N3. The highest BCUT2D eigenvalue weighted by Gasteiger charge is 2.26. The molecule has 3 nitrogen and oxygen atoms in total. The summed E-state index contributed by atoms with van der Waals surface area (Å²) in [6.45, 7) is 0. The Labute approximate surface area is 282 Å². The minimum Gasteiger partial charge on any atom is -0.278 e. The van der Waals surface area contributed by atoms with Gasteiger partial charge in [-0.1, -0.05) is 146 Å². The average Bonchev–Trinajstić information content (AvgIpc) is 3.45. The smallest absolute Gasteiger partial charge is 0.235 e. The lowest BCUT2D eigenvalue weighted by Crippen LogP contribution is -2.04. The fourth-order valence-corrected chi connectivity index (χ4v) is 8.27. The molecule has 0 saturated carbocycles. The SMILES string of the molecule is c1ccc(-c2nc(-n3c4ccccc4c4c5cccc6c5c(cc43)-c3ccccc3-c3ccccc3-6)nc3c2ccc2ccccc23)cc1. The fraction of sp³-hybridized carbons (Fsp3) is 0. The van der Waals surface area contributed by atoms with E-state index in [0.717, 1.165) is 44.0 Å². The van der Waals surface area contributed by atoms with Crippen LogP contribution in [-0.4, -0.2) is 14.5 Å². The first kappa shape index (κ1) is 26.5. The largest absolute Gasteiger partial charge is 0.278 e. The number of aromatic nitrogens is 3. The van der Waals surface area contributed by atoms with Gasteiger partial charge in [-0.15, -0.1) is 0 Å². The molecule has 0 bridgehead atoms. The minimum atomic E-state index is 0.668. The number of fused-ring (bicyclic) bond motifs is 12. The highest BCUT2D eigenvalue weighted by atomic mass is 15.2. The molecule has 226 valence electrons. The number of benzene rings is 8. The van der Waals surface area contributed by atoms with Gasteiger partial charge in [0.25, 0.3) is 0 Å².